The molecule has 1 unspecified atom stereocenters. The molecule has 0 amide bonds. The number of halogens is 1. The molecule has 2 heterocycles. The van der Waals surface area contributed by atoms with Crippen molar-refractivity contribution >= 4 is 17.3 Å². The summed E-state index contributed by atoms with van der Waals surface area (Å²) in [6, 6.07) is 5.62. The van der Waals surface area contributed by atoms with Crippen LogP contribution >= 0.6 is 11.6 Å². The average Bonchev–Trinajstić information content (AvgIpc) is 3.11. The zero-order chi connectivity index (χ0) is 13.1. The van der Waals surface area contributed by atoms with E-state index in [1.54, 1.807) is 11.0 Å². The second-order valence-electron chi connectivity index (χ2n) is 4.43. The Morgan fingerprint density at radius 3 is 3.16 bits per heavy atom. The van der Waals surface area contributed by atoms with E-state index >= 15 is 0 Å². The van der Waals surface area contributed by atoms with Gasteiger partial charge in [0.05, 0.1) is 22.5 Å². The van der Waals surface area contributed by atoms with E-state index in [1.165, 1.54) is 0 Å². The highest BCUT2D eigenvalue weighted by atomic mass is 35.5. The fourth-order valence-corrected chi connectivity index (χ4v) is 2.28. The molecule has 1 atom stereocenters. The molecular weight excluding hydrogens is 266 g/mol. The molecule has 100 valence electrons. The van der Waals surface area contributed by atoms with E-state index in [0.717, 1.165) is 37.4 Å². The lowest BCUT2D eigenvalue weighted by Gasteiger charge is -2.13. The third-order valence-corrected chi connectivity index (χ3v) is 3.44. The first-order chi connectivity index (χ1) is 9.33. The van der Waals surface area contributed by atoms with Gasteiger partial charge in [0.1, 0.15) is 6.33 Å². The van der Waals surface area contributed by atoms with Crippen LogP contribution in [0.25, 0.3) is 5.69 Å². The summed E-state index contributed by atoms with van der Waals surface area (Å²) in [6.45, 7) is 1.61. The Bertz CT molecular complexity index is 539. The van der Waals surface area contributed by atoms with Crippen LogP contribution in [0.4, 0.5) is 5.69 Å². The molecule has 1 aliphatic heterocycles. The van der Waals surface area contributed by atoms with Crippen LogP contribution in [-0.4, -0.2) is 39.5 Å². The van der Waals surface area contributed by atoms with Gasteiger partial charge in [-0.25, -0.2) is 4.68 Å². The van der Waals surface area contributed by atoms with Gasteiger partial charge in [-0.1, -0.05) is 11.6 Å². The van der Waals surface area contributed by atoms with Gasteiger partial charge in [-0.15, -0.1) is 5.10 Å². The van der Waals surface area contributed by atoms with Gasteiger partial charge >= 0.3 is 0 Å². The zero-order valence-corrected chi connectivity index (χ0v) is 11.0. The largest absolute Gasteiger partial charge is 0.381 e. The molecule has 1 saturated heterocycles. The number of anilines is 1. The maximum atomic E-state index is 6.18. The van der Waals surface area contributed by atoms with E-state index in [2.05, 4.69) is 20.8 Å². The predicted octanol–water partition coefficient (Wildman–Crippen LogP) is 1.91. The molecule has 6 nitrogen and oxygen atoms in total. The molecule has 1 aliphatic rings. The molecule has 0 bridgehead atoms. The van der Waals surface area contributed by atoms with Crippen molar-refractivity contribution in [1.29, 1.82) is 0 Å². The first-order valence-electron chi connectivity index (χ1n) is 6.21. The lowest BCUT2D eigenvalue weighted by atomic mass is 10.2. The predicted molar refractivity (Wildman–Crippen MR) is 71.6 cm³/mol. The van der Waals surface area contributed by atoms with Crippen molar-refractivity contribution in [2.75, 3.05) is 18.5 Å². The topological polar surface area (TPSA) is 64.9 Å². The van der Waals surface area contributed by atoms with Gasteiger partial charge in [0.25, 0.3) is 0 Å². The zero-order valence-electron chi connectivity index (χ0n) is 10.3. The molecule has 19 heavy (non-hydrogen) atoms. The van der Waals surface area contributed by atoms with E-state index in [9.17, 15) is 0 Å². The minimum atomic E-state index is 0.271. The monoisotopic (exact) mass is 279 g/mol. The van der Waals surface area contributed by atoms with E-state index in [1.807, 2.05) is 18.2 Å². The van der Waals surface area contributed by atoms with Crippen LogP contribution in [0.3, 0.4) is 0 Å². The molecule has 1 N–H and O–H groups in total. The van der Waals surface area contributed by atoms with Crippen LogP contribution in [0.15, 0.2) is 24.5 Å². The summed E-state index contributed by atoms with van der Waals surface area (Å²) < 4.78 is 7.16. The highest BCUT2D eigenvalue weighted by molar-refractivity contribution is 6.33. The Morgan fingerprint density at radius 1 is 1.47 bits per heavy atom. The van der Waals surface area contributed by atoms with Crippen molar-refractivity contribution in [2.45, 2.75) is 18.9 Å². The highest BCUT2D eigenvalue weighted by Crippen LogP contribution is 2.25. The van der Waals surface area contributed by atoms with E-state index in [4.69, 9.17) is 16.3 Å². The van der Waals surface area contributed by atoms with Gasteiger partial charge in [-0.3, -0.25) is 0 Å². The number of nitrogens with one attached hydrogen (secondary N) is 1. The molecule has 1 fully saturated rings. The maximum Gasteiger partial charge on any atom is 0.143 e. The van der Waals surface area contributed by atoms with Crippen LogP contribution in [0, 0.1) is 0 Å². The standard InChI is InChI=1S/C12H14ClN5O/c13-11-4-3-9(18-8-15-16-17-18)6-12(11)14-7-10-2-1-5-19-10/h3-4,6,8,10,14H,1-2,5,7H2. The number of nitrogens with zero attached hydrogens (tertiary/aromatic N) is 4. The fourth-order valence-electron chi connectivity index (χ4n) is 2.10. The summed E-state index contributed by atoms with van der Waals surface area (Å²) in [4.78, 5) is 0. The molecule has 2 aromatic rings. The van der Waals surface area contributed by atoms with Crippen molar-refractivity contribution in [1.82, 2.24) is 20.2 Å². The molecule has 1 aromatic heterocycles. The van der Waals surface area contributed by atoms with Crippen molar-refractivity contribution in [3.05, 3.63) is 29.5 Å². The first kappa shape index (κ1) is 12.4. The Balaban J connectivity index is 1.74. The normalized spacial score (nSPS) is 18.7. The summed E-state index contributed by atoms with van der Waals surface area (Å²) in [5, 5.41) is 15.1. The van der Waals surface area contributed by atoms with Crippen LogP contribution < -0.4 is 5.32 Å². The first-order valence-corrected chi connectivity index (χ1v) is 6.59. The molecule has 1 aromatic carbocycles. The van der Waals surface area contributed by atoms with E-state index in [0.29, 0.717) is 5.02 Å². The number of hydrogen-bond donors (Lipinski definition) is 1. The van der Waals surface area contributed by atoms with Gasteiger partial charge in [0.2, 0.25) is 0 Å². The smallest absolute Gasteiger partial charge is 0.143 e. The second kappa shape index (κ2) is 5.54. The third-order valence-electron chi connectivity index (χ3n) is 3.11. The Kier molecular flexibility index (Phi) is 3.61. The van der Waals surface area contributed by atoms with Crippen LogP contribution in [-0.2, 0) is 4.74 Å². The minimum Gasteiger partial charge on any atom is -0.381 e. The second-order valence-corrected chi connectivity index (χ2v) is 4.84. The Hall–Kier alpha value is -1.66. The van der Waals surface area contributed by atoms with Crippen LogP contribution in [0.5, 0.6) is 0 Å². The molecule has 0 saturated carbocycles. The summed E-state index contributed by atoms with van der Waals surface area (Å²) >= 11 is 6.18. The molecule has 0 aliphatic carbocycles. The SMILES string of the molecule is Clc1ccc(-n2cnnn2)cc1NCC1CCCO1. The third kappa shape index (κ3) is 2.85. The average molecular weight is 280 g/mol. The van der Waals surface area contributed by atoms with E-state index < -0.39 is 0 Å². The molecule has 0 radical (unpaired) electrons. The van der Waals surface area contributed by atoms with Crippen molar-refractivity contribution in [2.24, 2.45) is 0 Å². The summed E-state index contributed by atoms with van der Waals surface area (Å²) in [6.07, 6.45) is 4.04. The highest BCUT2D eigenvalue weighted by Gasteiger charge is 2.15. The summed E-state index contributed by atoms with van der Waals surface area (Å²) in [7, 11) is 0. The number of hydrogen-bond acceptors (Lipinski definition) is 5. The van der Waals surface area contributed by atoms with Gasteiger partial charge < -0.3 is 10.1 Å². The Morgan fingerprint density at radius 2 is 2.42 bits per heavy atom. The van der Waals surface area contributed by atoms with E-state index in [-0.39, 0.29) is 6.10 Å². The lowest BCUT2D eigenvalue weighted by Crippen LogP contribution is -2.18. The summed E-state index contributed by atoms with van der Waals surface area (Å²) in [5.41, 5.74) is 1.73. The van der Waals surface area contributed by atoms with Gasteiger partial charge in [-0.2, -0.15) is 0 Å². The van der Waals surface area contributed by atoms with Crippen molar-refractivity contribution in [3.63, 3.8) is 0 Å². The van der Waals surface area contributed by atoms with Crippen LogP contribution in [0.1, 0.15) is 12.8 Å². The van der Waals surface area contributed by atoms with Gasteiger partial charge in [0.15, 0.2) is 0 Å². The lowest BCUT2D eigenvalue weighted by molar-refractivity contribution is 0.120. The van der Waals surface area contributed by atoms with Crippen molar-refractivity contribution < 1.29 is 4.74 Å². The number of rotatable bonds is 4. The molecule has 7 heteroatoms. The fraction of sp³-hybridized carbons (Fsp3) is 0.417. The molecular formula is C12H14ClN5O. The number of ether oxygens (including phenoxy) is 1. The Labute approximate surface area is 115 Å². The number of tetrazole rings is 1. The number of benzene rings is 1. The van der Waals surface area contributed by atoms with Crippen LogP contribution in [0.2, 0.25) is 5.02 Å². The number of aromatic nitrogens is 4. The molecule has 0 spiro atoms. The maximum absolute atomic E-state index is 6.18. The van der Waals surface area contributed by atoms with Gasteiger partial charge in [-0.05, 0) is 41.5 Å². The minimum absolute atomic E-state index is 0.271. The summed E-state index contributed by atoms with van der Waals surface area (Å²) in [5.74, 6) is 0. The van der Waals surface area contributed by atoms with Crippen molar-refractivity contribution in [3.8, 4) is 5.69 Å². The quantitative estimate of drug-likeness (QED) is 0.926. The molecule has 3 rings (SSSR count). The van der Waals surface area contributed by atoms with Gasteiger partial charge in [0, 0.05) is 13.2 Å².